The number of carbonyl (C=O) groups excluding carboxylic acids is 2. The molecule has 2 heterocycles. The number of aryl methyl sites for hydroxylation is 2. The van der Waals surface area contributed by atoms with Crippen LogP contribution in [0.4, 0.5) is 0 Å². The number of rotatable bonds is 8. The lowest BCUT2D eigenvalue weighted by atomic mass is 9.97. The van der Waals surface area contributed by atoms with Crippen molar-refractivity contribution >= 4 is 21.9 Å². The van der Waals surface area contributed by atoms with Gasteiger partial charge in [0.05, 0.1) is 5.92 Å². The van der Waals surface area contributed by atoms with Gasteiger partial charge in [-0.05, 0) is 51.9 Å². The van der Waals surface area contributed by atoms with Crippen LogP contribution in [-0.2, 0) is 31.4 Å². The molecule has 0 spiro atoms. The SMILES string of the molecule is Cc1nc(S(=O)(=O)N2CCC(C(=O)OCC(=O)NCCC3=CCCCC3)CC2)cn1C. The highest BCUT2D eigenvalue weighted by molar-refractivity contribution is 7.89. The van der Waals surface area contributed by atoms with Crippen LogP contribution in [0, 0.1) is 12.8 Å². The molecule has 1 aromatic heterocycles. The molecule has 1 saturated heterocycles. The number of ether oxygens (including phenoxy) is 1. The molecule has 9 nitrogen and oxygen atoms in total. The molecular weight excluding hydrogens is 420 g/mol. The second kappa shape index (κ2) is 10.4. The molecule has 2 aliphatic rings. The molecule has 172 valence electrons. The summed E-state index contributed by atoms with van der Waals surface area (Å²) in [5.41, 5.74) is 1.38. The smallest absolute Gasteiger partial charge is 0.309 e. The number of carbonyl (C=O) groups is 2. The molecule has 0 radical (unpaired) electrons. The van der Waals surface area contributed by atoms with E-state index in [4.69, 9.17) is 4.74 Å². The van der Waals surface area contributed by atoms with Crippen LogP contribution in [0.25, 0.3) is 0 Å². The molecule has 31 heavy (non-hydrogen) atoms. The number of imidazole rings is 1. The number of aromatic nitrogens is 2. The number of sulfonamides is 1. The molecule has 1 amide bonds. The molecule has 1 fully saturated rings. The van der Waals surface area contributed by atoms with E-state index in [-0.39, 0.29) is 30.6 Å². The zero-order chi connectivity index (χ0) is 22.4. The predicted octanol–water partition coefficient (Wildman–Crippen LogP) is 1.68. The Morgan fingerprint density at radius 2 is 2.00 bits per heavy atom. The van der Waals surface area contributed by atoms with Crippen LogP contribution in [0.3, 0.4) is 0 Å². The number of esters is 1. The van der Waals surface area contributed by atoms with Gasteiger partial charge in [-0.15, -0.1) is 0 Å². The highest BCUT2D eigenvalue weighted by atomic mass is 32.2. The second-order valence-electron chi connectivity index (χ2n) is 8.23. The minimum absolute atomic E-state index is 0.0224. The van der Waals surface area contributed by atoms with Gasteiger partial charge in [0, 0.05) is 32.9 Å². The fraction of sp³-hybridized carbons (Fsp3) is 0.667. The van der Waals surface area contributed by atoms with Gasteiger partial charge in [-0.1, -0.05) is 11.6 Å². The molecule has 1 aliphatic carbocycles. The Kier molecular flexibility index (Phi) is 7.88. The van der Waals surface area contributed by atoms with Gasteiger partial charge in [0.15, 0.2) is 11.6 Å². The Bertz CT molecular complexity index is 910. The predicted molar refractivity (Wildman–Crippen MR) is 115 cm³/mol. The first-order valence-corrected chi connectivity index (χ1v) is 12.3. The first-order chi connectivity index (χ1) is 14.8. The molecule has 0 aromatic carbocycles. The monoisotopic (exact) mass is 452 g/mol. The van der Waals surface area contributed by atoms with Crippen LogP contribution in [0.15, 0.2) is 22.9 Å². The lowest BCUT2D eigenvalue weighted by Crippen LogP contribution is -2.41. The van der Waals surface area contributed by atoms with Gasteiger partial charge in [-0.3, -0.25) is 9.59 Å². The maximum atomic E-state index is 12.7. The van der Waals surface area contributed by atoms with E-state index in [1.54, 1.807) is 18.5 Å². The standard InChI is InChI=1S/C21H32N4O5S/c1-16-23-20(14-24(16)2)31(28,29)25-12-9-18(10-13-25)21(27)30-15-19(26)22-11-8-17-6-4-3-5-7-17/h6,14,18H,3-5,7-13,15H2,1-2H3,(H,22,26). The van der Waals surface area contributed by atoms with E-state index in [2.05, 4.69) is 16.4 Å². The van der Waals surface area contributed by atoms with Crippen molar-refractivity contribution in [2.45, 2.75) is 56.9 Å². The Morgan fingerprint density at radius 3 is 2.61 bits per heavy atom. The van der Waals surface area contributed by atoms with Crippen molar-refractivity contribution in [2.24, 2.45) is 13.0 Å². The lowest BCUT2D eigenvalue weighted by Gasteiger charge is -2.29. The van der Waals surface area contributed by atoms with Crippen molar-refractivity contribution in [3.63, 3.8) is 0 Å². The zero-order valence-electron chi connectivity index (χ0n) is 18.3. The van der Waals surface area contributed by atoms with Crippen LogP contribution < -0.4 is 5.32 Å². The van der Waals surface area contributed by atoms with Crippen LogP contribution in [0.2, 0.25) is 0 Å². The van der Waals surface area contributed by atoms with Gasteiger partial charge >= 0.3 is 5.97 Å². The first-order valence-electron chi connectivity index (χ1n) is 10.9. The summed E-state index contributed by atoms with van der Waals surface area (Å²) in [7, 11) is -1.93. The van der Waals surface area contributed by atoms with E-state index in [9.17, 15) is 18.0 Å². The normalized spacial score (nSPS) is 18.5. The minimum atomic E-state index is -3.68. The van der Waals surface area contributed by atoms with Crippen molar-refractivity contribution in [1.29, 1.82) is 0 Å². The van der Waals surface area contributed by atoms with E-state index in [0.717, 1.165) is 19.3 Å². The quantitative estimate of drug-likeness (QED) is 0.475. The average Bonchev–Trinajstić information content (AvgIpc) is 3.12. The summed E-state index contributed by atoms with van der Waals surface area (Å²) in [5.74, 6) is -0.547. The molecule has 0 atom stereocenters. The molecule has 0 bridgehead atoms. The summed E-state index contributed by atoms with van der Waals surface area (Å²) in [6, 6.07) is 0. The third kappa shape index (κ3) is 6.16. The van der Waals surface area contributed by atoms with E-state index >= 15 is 0 Å². The fourth-order valence-electron chi connectivity index (χ4n) is 3.91. The number of nitrogens with one attached hydrogen (secondary N) is 1. The molecule has 10 heteroatoms. The summed E-state index contributed by atoms with van der Waals surface area (Å²) >= 11 is 0. The summed E-state index contributed by atoms with van der Waals surface area (Å²) < 4.78 is 33.6. The van der Waals surface area contributed by atoms with Crippen molar-refractivity contribution in [3.05, 3.63) is 23.7 Å². The molecular formula is C21H32N4O5S. The van der Waals surface area contributed by atoms with E-state index in [0.29, 0.717) is 25.2 Å². The largest absolute Gasteiger partial charge is 0.455 e. The van der Waals surface area contributed by atoms with Crippen molar-refractivity contribution in [1.82, 2.24) is 19.2 Å². The molecule has 0 saturated carbocycles. The molecule has 1 N–H and O–H groups in total. The van der Waals surface area contributed by atoms with Gasteiger partial charge in [-0.25, -0.2) is 13.4 Å². The Morgan fingerprint density at radius 1 is 1.26 bits per heavy atom. The maximum Gasteiger partial charge on any atom is 0.309 e. The number of amides is 1. The van der Waals surface area contributed by atoms with Gasteiger partial charge < -0.3 is 14.6 Å². The third-order valence-electron chi connectivity index (χ3n) is 5.98. The Labute approximate surface area is 183 Å². The number of hydrogen-bond acceptors (Lipinski definition) is 6. The highest BCUT2D eigenvalue weighted by Gasteiger charge is 2.34. The van der Waals surface area contributed by atoms with Crippen LogP contribution in [-0.4, -0.2) is 60.4 Å². The number of nitrogens with zero attached hydrogens (tertiary/aromatic N) is 3. The molecule has 0 unspecified atom stereocenters. The number of allylic oxidation sites excluding steroid dienone is 1. The van der Waals surface area contributed by atoms with Gasteiger partial charge in [0.1, 0.15) is 5.82 Å². The molecule has 3 rings (SSSR count). The van der Waals surface area contributed by atoms with Crippen molar-refractivity contribution in [2.75, 3.05) is 26.2 Å². The number of piperidine rings is 1. The van der Waals surface area contributed by atoms with Gasteiger partial charge in [0.2, 0.25) is 0 Å². The second-order valence-corrected chi connectivity index (χ2v) is 10.1. The van der Waals surface area contributed by atoms with E-state index in [1.807, 2.05) is 0 Å². The Balaban J connectivity index is 1.38. The molecule has 1 aromatic rings. The van der Waals surface area contributed by atoms with Crippen LogP contribution in [0.1, 0.15) is 50.8 Å². The van der Waals surface area contributed by atoms with Gasteiger partial charge in [0.25, 0.3) is 15.9 Å². The lowest BCUT2D eigenvalue weighted by molar-refractivity contribution is -0.153. The summed E-state index contributed by atoms with van der Waals surface area (Å²) in [6.45, 7) is 2.43. The molecule has 1 aliphatic heterocycles. The average molecular weight is 453 g/mol. The summed E-state index contributed by atoms with van der Waals surface area (Å²) in [4.78, 5) is 28.3. The van der Waals surface area contributed by atoms with Gasteiger partial charge in [-0.2, -0.15) is 4.31 Å². The zero-order valence-corrected chi connectivity index (χ0v) is 19.1. The van der Waals surface area contributed by atoms with Crippen molar-refractivity contribution < 1.29 is 22.7 Å². The minimum Gasteiger partial charge on any atom is -0.455 e. The van der Waals surface area contributed by atoms with Crippen LogP contribution >= 0.6 is 0 Å². The maximum absolute atomic E-state index is 12.7. The van der Waals surface area contributed by atoms with Crippen LogP contribution in [0.5, 0.6) is 0 Å². The Hall–Kier alpha value is -2.20. The number of hydrogen-bond donors (Lipinski definition) is 1. The third-order valence-corrected chi connectivity index (χ3v) is 7.75. The summed E-state index contributed by atoms with van der Waals surface area (Å²) in [6.07, 6.45) is 9.95. The fourth-order valence-corrected chi connectivity index (χ4v) is 5.41. The van der Waals surface area contributed by atoms with E-state index < -0.39 is 21.9 Å². The topological polar surface area (TPSA) is 111 Å². The first kappa shape index (κ1) is 23.5. The summed E-state index contributed by atoms with van der Waals surface area (Å²) in [5, 5.41) is 2.81. The van der Waals surface area contributed by atoms with Crippen molar-refractivity contribution in [3.8, 4) is 0 Å². The van der Waals surface area contributed by atoms with E-state index in [1.165, 1.54) is 28.9 Å². The highest BCUT2D eigenvalue weighted by Crippen LogP contribution is 2.24.